The van der Waals surface area contributed by atoms with Crippen LogP contribution in [0.4, 0.5) is 0 Å². The summed E-state index contributed by atoms with van der Waals surface area (Å²) in [6.45, 7) is 0.634. The van der Waals surface area contributed by atoms with Crippen molar-refractivity contribution in [2.24, 2.45) is 0 Å². The highest BCUT2D eigenvalue weighted by atomic mass is 16.5. The summed E-state index contributed by atoms with van der Waals surface area (Å²) in [5, 5.41) is 0. The van der Waals surface area contributed by atoms with Crippen LogP contribution in [-0.2, 0) is 10.2 Å². The fourth-order valence-electron chi connectivity index (χ4n) is 1.55. The maximum atomic E-state index is 10.5. The zero-order valence-corrected chi connectivity index (χ0v) is 8.06. The minimum absolute atomic E-state index is 0.0201. The van der Waals surface area contributed by atoms with Gasteiger partial charge < -0.3 is 4.74 Å². The largest absolute Gasteiger partial charge is 0.384 e. The molecule has 0 radical (unpaired) electrons. The number of methoxy groups -OCH3 is 1. The van der Waals surface area contributed by atoms with Crippen LogP contribution in [0.1, 0.15) is 29.2 Å². The zero-order chi connectivity index (χ0) is 10.0. The molecule has 0 N–H and O–H groups in total. The van der Waals surface area contributed by atoms with Gasteiger partial charge in [-0.2, -0.15) is 0 Å². The summed E-state index contributed by atoms with van der Waals surface area (Å²) in [5.74, 6) is 0.740. The van der Waals surface area contributed by atoms with Gasteiger partial charge in [0, 0.05) is 13.3 Å². The molecular weight excluding hydrogens is 180 g/mol. The molecule has 1 fully saturated rings. The lowest BCUT2D eigenvalue weighted by Crippen LogP contribution is -2.18. The maximum Gasteiger partial charge on any atom is 0.168 e. The topological polar surface area (TPSA) is 52.1 Å². The zero-order valence-electron chi connectivity index (χ0n) is 8.06. The number of aromatic nitrogens is 2. The summed E-state index contributed by atoms with van der Waals surface area (Å²) >= 11 is 0. The average molecular weight is 192 g/mol. The summed E-state index contributed by atoms with van der Waals surface area (Å²) in [5.41, 5.74) is 0.422. The van der Waals surface area contributed by atoms with E-state index in [9.17, 15) is 4.79 Å². The smallest absolute Gasteiger partial charge is 0.168 e. The number of hydrogen-bond donors (Lipinski definition) is 0. The third-order valence-corrected chi connectivity index (χ3v) is 2.55. The van der Waals surface area contributed by atoms with Crippen LogP contribution in [0.25, 0.3) is 0 Å². The molecule has 1 aromatic heterocycles. The number of rotatable bonds is 4. The van der Waals surface area contributed by atoms with E-state index in [-0.39, 0.29) is 5.41 Å². The third kappa shape index (κ3) is 1.53. The van der Waals surface area contributed by atoms with E-state index >= 15 is 0 Å². The lowest BCUT2D eigenvalue weighted by molar-refractivity contribution is 0.111. The number of carbonyl (C=O) groups excluding carboxylic acids is 1. The first-order chi connectivity index (χ1) is 6.80. The first kappa shape index (κ1) is 9.27. The number of aldehydes is 1. The van der Waals surface area contributed by atoms with Gasteiger partial charge in [0.15, 0.2) is 6.29 Å². The molecule has 0 aliphatic heterocycles. The van der Waals surface area contributed by atoms with E-state index in [4.69, 9.17) is 4.74 Å². The van der Waals surface area contributed by atoms with Crippen molar-refractivity contribution in [2.45, 2.75) is 18.3 Å². The molecule has 4 nitrogen and oxygen atoms in total. The van der Waals surface area contributed by atoms with Crippen LogP contribution in [0, 0.1) is 0 Å². The van der Waals surface area contributed by atoms with Crippen molar-refractivity contribution in [2.75, 3.05) is 13.7 Å². The molecule has 0 bridgehead atoms. The highest BCUT2D eigenvalue weighted by Crippen LogP contribution is 2.46. The Balaban J connectivity index is 2.27. The summed E-state index contributed by atoms with van der Waals surface area (Å²) in [6, 6.07) is 1.61. The van der Waals surface area contributed by atoms with Crippen LogP contribution < -0.4 is 0 Å². The molecule has 74 valence electrons. The number of hydrogen-bond acceptors (Lipinski definition) is 4. The van der Waals surface area contributed by atoms with Gasteiger partial charge in [0.05, 0.1) is 12.0 Å². The molecule has 2 rings (SSSR count). The molecule has 1 heterocycles. The van der Waals surface area contributed by atoms with Crippen molar-refractivity contribution in [1.82, 2.24) is 9.97 Å². The Bertz CT molecular complexity index is 348. The van der Waals surface area contributed by atoms with Gasteiger partial charge in [-0.1, -0.05) is 0 Å². The van der Waals surface area contributed by atoms with Gasteiger partial charge in [0.2, 0.25) is 0 Å². The summed E-state index contributed by atoms with van der Waals surface area (Å²) in [7, 11) is 1.67. The number of nitrogens with zero attached hydrogens (tertiary/aromatic N) is 2. The minimum atomic E-state index is -0.0201. The van der Waals surface area contributed by atoms with E-state index in [0.29, 0.717) is 12.3 Å². The number of ether oxygens (including phenoxy) is 1. The molecule has 0 amide bonds. The van der Waals surface area contributed by atoms with Crippen molar-refractivity contribution < 1.29 is 9.53 Å². The summed E-state index contributed by atoms with van der Waals surface area (Å²) < 4.78 is 5.13. The second-order valence-electron chi connectivity index (χ2n) is 3.64. The Morgan fingerprint density at radius 3 is 3.00 bits per heavy atom. The van der Waals surface area contributed by atoms with E-state index in [1.807, 2.05) is 0 Å². The molecule has 0 atom stereocenters. The Morgan fingerprint density at radius 2 is 2.43 bits per heavy atom. The standard InChI is InChI=1S/C10H12N2O2/c1-14-7-10(3-4-10)9-11-5-2-8(6-13)12-9/h2,5-6H,3-4,7H2,1H3. The molecule has 1 aliphatic carbocycles. The normalized spacial score (nSPS) is 17.8. The highest BCUT2D eigenvalue weighted by molar-refractivity contribution is 5.71. The van der Waals surface area contributed by atoms with Crippen LogP contribution in [0.3, 0.4) is 0 Å². The van der Waals surface area contributed by atoms with E-state index in [1.54, 1.807) is 19.4 Å². The van der Waals surface area contributed by atoms with Crippen molar-refractivity contribution in [1.29, 1.82) is 0 Å². The summed E-state index contributed by atoms with van der Waals surface area (Å²) in [4.78, 5) is 18.9. The molecule has 4 heteroatoms. The van der Waals surface area contributed by atoms with Gasteiger partial charge in [0.1, 0.15) is 11.5 Å². The molecular formula is C10H12N2O2. The van der Waals surface area contributed by atoms with Gasteiger partial charge in [-0.25, -0.2) is 9.97 Å². The Morgan fingerprint density at radius 1 is 1.64 bits per heavy atom. The SMILES string of the molecule is COCC1(c2nccc(C=O)n2)CC1. The van der Waals surface area contributed by atoms with Crippen molar-refractivity contribution in [3.05, 3.63) is 23.8 Å². The quantitative estimate of drug-likeness (QED) is 0.667. The van der Waals surface area contributed by atoms with E-state index in [0.717, 1.165) is 25.0 Å². The van der Waals surface area contributed by atoms with Crippen LogP contribution in [0.15, 0.2) is 12.3 Å². The third-order valence-electron chi connectivity index (χ3n) is 2.55. The van der Waals surface area contributed by atoms with Crippen LogP contribution in [0.5, 0.6) is 0 Å². The van der Waals surface area contributed by atoms with E-state index in [2.05, 4.69) is 9.97 Å². The molecule has 1 saturated carbocycles. The van der Waals surface area contributed by atoms with Crippen LogP contribution in [0.2, 0.25) is 0 Å². The highest BCUT2D eigenvalue weighted by Gasteiger charge is 2.47. The molecule has 1 aliphatic rings. The van der Waals surface area contributed by atoms with E-state index < -0.39 is 0 Å². The number of carbonyl (C=O) groups is 1. The van der Waals surface area contributed by atoms with E-state index in [1.165, 1.54) is 0 Å². The lowest BCUT2D eigenvalue weighted by atomic mass is 10.1. The predicted octanol–water partition coefficient (Wildman–Crippen LogP) is 0.967. The average Bonchev–Trinajstić information content (AvgIpc) is 3.00. The van der Waals surface area contributed by atoms with Gasteiger partial charge >= 0.3 is 0 Å². The molecule has 14 heavy (non-hydrogen) atoms. The van der Waals surface area contributed by atoms with Gasteiger partial charge in [-0.15, -0.1) is 0 Å². The van der Waals surface area contributed by atoms with Gasteiger partial charge in [-0.3, -0.25) is 4.79 Å². The van der Waals surface area contributed by atoms with Gasteiger partial charge in [0.25, 0.3) is 0 Å². The lowest BCUT2D eigenvalue weighted by Gasteiger charge is -2.11. The van der Waals surface area contributed by atoms with Crippen LogP contribution in [-0.4, -0.2) is 30.0 Å². The van der Waals surface area contributed by atoms with Crippen molar-refractivity contribution >= 4 is 6.29 Å². The molecule has 0 spiro atoms. The molecule has 0 unspecified atom stereocenters. The molecule has 1 aromatic rings. The fourth-order valence-corrected chi connectivity index (χ4v) is 1.55. The second-order valence-corrected chi connectivity index (χ2v) is 3.64. The monoisotopic (exact) mass is 192 g/mol. The first-order valence-electron chi connectivity index (χ1n) is 4.58. The Labute approximate surface area is 82.3 Å². The maximum absolute atomic E-state index is 10.5. The Kier molecular flexibility index (Phi) is 2.29. The molecule has 0 aromatic carbocycles. The summed E-state index contributed by atoms with van der Waals surface area (Å²) in [6.07, 6.45) is 4.46. The second kappa shape index (κ2) is 3.46. The first-order valence-corrected chi connectivity index (χ1v) is 4.58. The fraction of sp³-hybridized carbons (Fsp3) is 0.500. The van der Waals surface area contributed by atoms with Crippen molar-refractivity contribution in [3.63, 3.8) is 0 Å². The molecule has 0 saturated heterocycles. The van der Waals surface area contributed by atoms with Gasteiger partial charge in [-0.05, 0) is 18.9 Å². The van der Waals surface area contributed by atoms with Crippen molar-refractivity contribution in [3.8, 4) is 0 Å². The predicted molar refractivity (Wildman–Crippen MR) is 50.2 cm³/mol. The van der Waals surface area contributed by atoms with Crippen LogP contribution >= 0.6 is 0 Å². The Hall–Kier alpha value is -1.29. The minimum Gasteiger partial charge on any atom is -0.384 e.